The van der Waals surface area contributed by atoms with Crippen molar-refractivity contribution in [2.75, 3.05) is 5.32 Å². The first-order valence-electron chi connectivity index (χ1n) is 6.49. The maximum atomic E-state index is 11.9. The average molecular weight is 295 g/mol. The molecule has 0 saturated heterocycles. The Labute approximate surface area is 126 Å². The largest absolute Gasteiger partial charge is 0.323 e. The molecule has 3 aromatic rings. The maximum Gasteiger partial charge on any atom is 0.228 e. The summed E-state index contributed by atoms with van der Waals surface area (Å²) in [5.74, 6) is 0.580. The summed E-state index contributed by atoms with van der Waals surface area (Å²) in [6.45, 7) is 0. The molecule has 2 heterocycles. The number of nitrogens with one attached hydrogen (secondary N) is 1. The lowest BCUT2D eigenvalue weighted by atomic mass is 10.2. The van der Waals surface area contributed by atoms with Crippen molar-refractivity contribution in [2.24, 2.45) is 0 Å². The molecule has 1 amide bonds. The van der Waals surface area contributed by atoms with Crippen molar-refractivity contribution in [3.05, 3.63) is 65.1 Å². The zero-order chi connectivity index (χ0) is 14.5. The van der Waals surface area contributed by atoms with Gasteiger partial charge in [0.1, 0.15) is 0 Å². The van der Waals surface area contributed by atoms with E-state index in [0.29, 0.717) is 17.9 Å². The van der Waals surface area contributed by atoms with Crippen molar-refractivity contribution in [3.8, 4) is 11.4 Å². The number of anilines is 1. The van der Waals surface area contributed by atoms with E-state index in [4.69, 9.17) is 0 Å². The Morgan fingerprint density at radius 2 is 1.86 bits per heavy atom. The molecule has 104 valence electrons. The third kappa shape index (κ3) is 3.52. The molecule has 1 N–H and O–H groups in total. The van der Waals surface area contributed by atoms with Gasteiger partial charge in [-0.15, -0.1) is 0 Å². The average Bonchev–Trinajstić information content (AvgIpc) is 3.02. The Hall–Kier alpha value is -2.53. The van der Waals surface area contributed by atoms with E-state index in [1.807, 2.05) is 47.2 Å². The zero-order valence-corrected chi connectivity index (χ0v) is 12.0. The molecule has 1 aromatic carbocycles. The minimum Gasteiger partial charge on any atom is -0.323 e. The van der Waals surface area contributed by atoms with Crippen molar-refractivity contribution in [3.63, 3.8) is 0 Å². The summed E-state index contributed by atoms with van der Waals surface area (Å²) < 4.78 is 0. The van der Waals surface area contributed by atoms with Gasteiger partial charge in [0.2, 0.25) is 5.91 Å². The number of hydrogen-bond acceptors (Lipinski definition) is 4. The molecule has 0 aliphatic carbocycles. The number of aromatic nitrogens is 2. The number of thiophene rings is 1. The molecule has 0 radical (unpaired) electrons. The van der Waals surface area contributed by atoms with Crippen LogP contribution in [0.3, 0.4) is 0 Å². The lowest BCUT2D eigenvalue weighted by molar-refractivity contribution is -0.115. The molecule has 21 heavy (non-hydrogen) atoms. The van der Waals surface area contributed by atoms with Crippen molar-refractivity contribution in [1.82, 2.24) is 9.97 Å². The third-order valence-corrected chi connectivity index (χ3v) is 3.64. The first-order valence-corrected chi connectivity index (χ1v) is 7.44. The summed E-state index contributed by atoms with van der Waals surface area (Å²) >= 11 is 1.58. The molecule has 0 saturated carbocycles. The number of carbonyl (C=O) groups excluding carboxylic acids is 1. The number of amides is 1. The number of carbonyl (C=O) groups is 1. The highest BCUT2D eigenvalue weighted by Gasteiger charge is 2.06. The van der Waals surface area contributed by atoms with E-state index < -0.39 is 0 Å². The monoisotopic (exact) mass is 295 g/mol. The fourth-order valence-corrected chi connectivity index (χ4v) is 2.58. The van der Waals surface area contributed by atoms with Crippen LogP contribution in [0.15, 0.2) is 59.6 Å². The van der Waals surface area contributed by atoms with Crippen molar-refractivity contribution >= 4 is 22.9 Å². The lowest BCUT2D eigenvalue weighted by Gasteiger charge is -2.05. The van der Waals surface area contributed by atoms with Crippen molar-refractivity contribution in [2.45, 2.75) is 6.42 Å². The van der Waals surface area contributed by atoms with E-state index in [-0.39, 0.29) is 5.91 Å². The van der Waals surface area contributed by atoms with E-state index in [9.17, 15) is 4.79 Å². The Morgan fingerprint density at radius 3 is 2.52 bits per heavy atom. The smallest absolute Gasteiger partial charge is 0.228 e. The molecular weight excluding hydrogens is 282 g/mol. The van der Waals surface area contributed by atoms with Crippen LogP contribution in [0.2, 0.25) is 0 Å². The quantitative estimate of drug-likeness (QED) is 0.802. The van der Waals surface area contributed by atoms with Gasteiger partial charge < -0.3 is 5.32 Å². The molecule has 0 aliphatic heterocycles. The second-order valence-electron chi connectivity index (χ2n) is 4.52. The predicted molar refractivity (Wildman–Crippen MR) is 84.1 cm³/mol. The molecule has 0 fully saturated rings. The van der Waals surface area contributed by atoms with Gasteiger partial charge in [-0.3, -0.25) is 4.79 Å². The molecule has 3 rings (SSSR count). The molecule has 5 heteroatoms. The van der Waals surface area contributed by atoms with E-state index in [1.165, 1.54) is 0 Å². The van der Waals surface area contributed by atoms with E-state index in [0.717, 1.165) is 11.1 Å². The SMILES string of the molecule is O=C(Cc1ccsc1)Nc1cnc(-c2ccccc2)nc1. The van der Waals surface area contributed by atoms with E-state index >= 15 is 0 Å². The van der Waals surface area contributed by atoms with Gasteiger partial charge in [-0.25, -0.2) is 9.97 Å². The molecule has 4 nitrogen and oxygen atoms in total. The van der Waals surface area contributed by atoms with Crippen LogP contribution in [0.4, 0.5) is 5.69 Å². The molecule has 0 spiro atoms. The van der Waals surface area contributed by atoms with Crippen LogP contribution in [0.5, 0.6) is 0 Å². The Morgan fingerprint density at radius 1 is 1.10 bits per heavy atom. The lowest BCUT2D eigenvalue weighted by Crippen LogP contribution is -2.14. The summed E-state index contributed by atoms with van der Waals surface area (Å²) in [5.41, 5.74) is 2.57. The van der Waals surface area contributed by atoms with Gasteiger partial charge in [-0.1, -0.05) is 30.3 Å². The number of nitrogens with zero attached hydrogens (tertiary/aromatic N) is 2. The van der Waals surface area contributed by atoms with Crippen LogP contribution in [-0.4, -0.2) is 15.9 Å². The summed E-state index contributed by atoms with van der Waals surface area (Å²) in [6, 6.07) is 11.7. The van der Waals surface area contributed by atoms with Gasteiger partial charge in [-0.05, 0) is 22.4 Å². The van der Waals surface area contributed by atoms with E-state index in [1.54, 1.807) is 23.7 Å². The van der Waals surface area contributed by atoms with Gasteiger partial charge in [0.25, 0.3) is 0 Å². The number of benzene rings is 1. The summed E-state index contributed by atoms with van der Waals surface area (Å²) in [7, 11) is 0. The van der Waals surface area contributed by atoms with Gasteiger partial charge in [0.15, 0.2) is 5.82 Å². The fourth-order valence-electron chi connectivity index (χ4n) is 1.91. The van der Waals surface area contributed by atoms with Crippen LogP contribution < -0.4 is 5.32 Å². The first kappa shape index (κ1) is 13.5. The van der Waals surface area contributed by atoms with Crippen molar-refractivity contribution < 1.29 is 4.79 Å². The molecule has 0 unspecified atom stereocenters. The second-order valence-corrected chi connectivity index (χ2v) is 5.30. The summed E-state index contributed by atoms with van der Waals surface area (Å²) in [4.78, 5) is 20.4. The van der Waals surface area contributed by atoms with Crippen LogP contribution in [0, 0.1) is 0 Å². The first-order chi connectivity index (χ1) is 10.3. The van der Waals surface area contributed by atoms with E-state index in [2.05, 4.69) is 15.3 Å². The van der Waals surface area contributed by atoms with Gasteiger partial charge in [0.05, 0.1) is 24.5 Å². The van der Waals surface area contributed by atoms with Crippen LogP contribution in [0.25, 0.3) is 11.4 Å². The summed E-state index contributed by atoms with van der Waals surface area (Å²) in [5, 5.41) is 6.73. The molecular formula is C16H13N3OS. The van der Waals surface area contributed by atoms with Crippen LogP contribution in [0.1, 0.15) is 5.56 Å². The summed E-state index contributed by atoms with van der Waals surface area (Å²) in [6.07, 6.45) is 3.62. The minimum absolute atomic E-state index is 0.0653. The van der Waals surface area contributed by atoms with Gasteiger partial charge in [0, 0.05) is 5.56 Å². The standard InChI is InChI=1S/C16H13N3OS/c20-15(8-12-6-7-21-11-12)19-14-9-17-16(18-10-14)13-4-2-1-3-5-13/h1-7,9-11H,8H2,(H,19,20). The minimum atomic E-state index is -0.0653. The number of hydrogen-bond donors (Lipinski definition) is 1. The number of rotatable bonds is 4. The highest BCUT2D eigenvalue weighted by Crippen LogP contribution is 2.15. The molecule has 0 aliphatic rings. The maximum absolute atomic E-state index is 11.9. The van der Waals surface area contributed by atoms with Crippen molar-refractivity contribution in [1.29, 1.82) is 0 Å². The normalized spacial score (nSPS) is 10.3. The predicted octanol–water partition coefficient (Wildman–Crippen LogP) is 3.39. The third-order valence-electron chi connectivity index (χ3n) is 2.91. The molecule has 0 atom stereocenters. The highest BCUT2D eigenvalue weighted by atomic mass is 32.1. The molecule has 0 bridgehead atoms. The van der Waals surface area contributed by atoms with Crippen LogP contribution >= 0.6 is 11.3 Å². The van der Waals surface area contributed by atoms with Gasteiger partial charge >= 0.3 is 0 Å². The Kier molecular flexibility index (Phi) is 4.02. The molecule has 2 aromatic heterocycles. The Bertz CT molecular complexity index is 709. The Balaban J connectivity index is 1.66. The van der Waals surface area contributed by atoms with Crippen LogP contribution in [-0.2, 0) is 11.2 Å². The fraction of sp³-hybridized carbons (Fsp3) is 0.0625. The second kappa shape index (κ2) is 6.28. The zero-order valence-electron chi connectivity index (χ0n) is 11.2. The highest BCUT2D eigenvalue weighted by molar-refractivity contribution is 7.08. The van der Waals surface area contributed by atoms with Gasteiger partial charge in [-0.2, -0.15) is 11.3 Å². The topological polar surface area (TPSA) is 54.9 Å².